The molecule has 0 atom stereocenters. The molecule has 0 spiro atoms. The number of nitrogens with one attached hydrogen (secondary N) is 1. The highest BCUT2D eigenvalue weighted by atomic mass is 19.1. The van der Waals surface area contributed by atoms with Gasteiger partial charge in [0.25, 0.3) is 0 Å². The monoisotopic (exact) mass is 259 g/mol. The lowest BCUT2D eigenvalue weighted by Crippen LogP contribution is -2.03. The van der Waals surface area contributed by atoms with E-state index in [1.165, 1.54) is 6.07 Å². The van der Waals surface area contributed by atoms with E-state index in [4.69, 9.17) is 0 Å². The summed E-state index contributed by atoms with van der Waals surface area (Å²) in [5, 5.41) is 3.14. The van der Waals surface area contributed by atoms with Gasteiger partial charge in [0.2, 0.25) is 0 Å². The van der Waals surface area contributed by atoms with Crippen LogP contribution in [0.3, 0.4) is 0 Å². The Kier molecular flexibility index (Phi) is 3.79. The van der Waals surface area contributed by atoms with Gasteiger partial charge in [0, 0.05) is 18.2 Å². The lowest BCUT2D eigenvalue weighted by Gasteiger charge is -2.11. The minimum absolute atomic E-state index is 0.238. The second-order valence-corrected chi connectivity index (χ2v) is 4.65. The van der Waals surface area contributed by atoms with Gasteiger partial charge in [-0.2, -0.15) is 0 Å². The minimum Gasteiger partial charge on any atom is -0.370 e. The molecule has 1 heterocycles. The molecule has 1 N–H and O–H groups in total. The van der Waals surface area contributed by atoms with Crippen LogP contribution in [0.4, 0.5) is 10.2 Å². The summed E-state index contributed by atoms with van der Waals surface area (Å²) >= 11 is 0. The molecular formula is C15H18FN3. The zero-order valence-corrected chi connectivity index (χ0v) is 11.7. The van der Waals surface area contributed by atoms with Gasteiger partial charge in [0.1, 0.15) is 17.5 Å². The van der Waals surface area contributed by atoms with Crippen molar-refractivity contribution in [1.29, 1.82) is 0 Å². The van der Waals surface area contributed by atoms with Gasteiger partial charge >= 0.3 is 0 Å². The summed E-state index contributed by atoms with van der Waals surface area (Å²) in [7, 11) is 0. The Hall–Kier alpha value is -1.97. The lowest BCUT2D eigenvalue weighted by atomic mass is 10.0. The van der Waals surface area contributed by atoms with E-state index in [0.717, 1.165) is 23.5 Å². The maximum Gasteiger partial charge on any atom is 0.133 e. The maximum absolute atomic E-state index is 14.2. The number of anilines is 1. The minimum atomic E-state index is -0.238. The first-order valence-electron chi connectivity index (χ1n) is 6.38. The fourth-order valence-electron chi connectivity index (χ4n) is 2.21. The molecule has 2 rings (SSSR count). The summed E-state index contributed by atoms with van der Waals surface area (Å²) in [6.07, 6.45) is 0. The zero-order chi connectivity index (χ0) is 14.0. The normalized spacial score (nSPS) is 10.6. The van der Waals surface area contributed by atoms with Crippen LogP contribution in [0.2, 0.25) is 0 Å². The summed E-state index contributed by atoms with van der Waals surface area (Å²) in [6.45, 7) is 8.36. The lowest BCUT2D eigenvalue weighted by molar-refractivity contribution is 0.628. The summed E-state index contributed by atoms with van der Waals surface area (Å²) < 4.78 is 14.2. The van der Waals surface area contributed by atoms with Gasteiger partial charge in [-0.25, -0.2) is 14.4 Å². The number of nitrogens with zero attached hydrogens (tertiary/aromatic N) is 2. The van der Waals surface area contributed by atoms with Crippen LogP contribution in [0, 0.1) is 26.6 Å². The molecule has 0 unspecified atom stereocenters. The Morgan fingerprint density at radius 2 is 1.84 bits per heavy atom. The maximum atomic E-state index is 14.2. The highest BCUT2D eigenvalue weighted by molar-refractivity contribution is 5.67. The number of benzene rings is 1. The number of hydrogen-bond acceptors (Lipinski definition) is 3. The van der Waals surface area contributed by atoms with Crippen molar-refractivity contribution in [1.82, 2.24) is 9.97 Å². The van der Waals surface area contributed by atoms with Gasteiger partial charge in [-0.05, 0) is 44.9 Å². The van der Waals surface area contributed by atoms with Crippen molar-refractivity contribution in [3.8, 4) is 11.3 Å². The van der Waals surface area contributed by atoms with Crippen LogP contribution in [0.1, 0.15) is 23.9 Å². The smallest absolute Gasteiger partial charge is 0.133 e. The van der Waals surface area contributed by atoms with Crippen LogP contribution >= 0.6 is 0 Å². The van der Waals surface area contributed by atoms with Crippen molar-refractivity contribution in [2.24, 2.45) is 0 Å². The Labute approximate surface area is 112 Å². The molecular weight excluding hydrogens is 241 g/mol. The van der Waals surface area contributed by atoms with Crippen LogP contribution in [-0.2, 0) is 0 Å². The SMILES string of the molecule is CCNc1cc(-c2c(C)cc(C)cc2F)nc(C)n1. The highest BCUT2D eigenvalue weighted by Gasteiger charge is 2.12. The van der Waals surface area contributed by atoms with E-state index in [-0.39, 0.29) is 5.82 Å². The molecule has 1 aromatic carbocycles. The molecule has 2 aromatic rings. The Balaban J connectivity index is 2.58. The van der Waals surface area contributed by atoms with Crippen molar-refractivity contribution in [3.05, 3.63) is 41.0 Å². The Morgan fingerprint density at radius 1 is 1.11 bits per heavy atom. The number of aryl methyl sites for hydroxylation is 3. The topological polar surface area (TPSA) is 37.8 Å². The Morgan fingerprint density at radius 3 is 2.47 bits per heavy atom. The van der Waals surface area contributed by atoms with Crippen molar-refractivity contribution >= 4 is 5.82 Å². The first-order valence-corrected chi connectivity index (χ1v) is 6.38. The van der Waals surface area contributed by atoms with Crippen LogP contribution in [0.25, 0.3) is 11.3 Å². The third-order valence-electron chi connectivity index (χ3n) is 2.88. The first-order chi connectivity index (χ1) is 9.01. The predicted molar refractivity (Wildman–Crippen MR) is 75.8 cm³/mol. The van der Waals surface area contributed by atoms with E-state index in [1.807, 2.05) is 33.8 Å². The summed E-state index contributed by atoms with van der Waals surface area (Å²) in [5.41, 5.74) is 2.98. The van der Waals surface area contributed by atoms with Crippen molar-refractivity contribution in [2.45, 2.75) is 27.7 Å². The van der Waals surface area contributed by atoms with E-state index in [9.17, 15) is 4.39 Å². The second-order valence-electron chi connectivity index (χ2n) is 4.65. The molecule has 0 bridgehead atoms. The van der Waals surface area contributed by atoms with Gasteiger partial charge < -0.3 is 5.32 Å². The molecule has 0 saturated carbocycles. The average Bonchev–Trinajstić information content (AvgIpc) is 2.26. The van der Waals surface area contributed by atoms with Gasteiger partial charge in [0.05, 0.1) is 5.69 Å². The molecule has 0 aliphatic heterocycles. The van der Waals surface area contributed by atoms with E-state index in [1.54, 1.807) is 6.07 Å². The van der Waals surface area contributed by atoms with Gasteiger partial charge in [-0.3, -0.25) is 0 Å². The van der Waals surface area contributed by atoms with Crippen molar-refractivity contribution < 1.29 is 4.39 Å². The number of rotatable bonds is 3. The third-order valence-corrected chi connectivity index (χ3v) is 2.88. The molecule has 0 radical (unpaired) electrons. The zero-order valence-electron chi connectivity index (χ0n) is 11.7. The average molecular weight is 259 g/mol. The molecule has 0 amide bonds. The molecule has 3 nitrogen and oxygen atoms in total. The summed E-state index contributed by atoms with van der Waals surface area (Å²) in [6, 6.07) is 5.28. The predicted octanol–water partition coefficient (Wildman–Crippen LogP) is 3.64. The fraction of sp³-hybridized carbons (Fsp3) is 0.333. The van der Waals surface area contributed by atoms with E-state index in [0.29, 0.717) is 17.1 Å². The van der Waals surface area contributed by atoms with Crippen LogP contribution in [0.15, 0.2) is 18.2 Å². The highest BCUT2D eigenvalue weighted by Crippen LogP contribution is 2.27. The van der Waals surface area contributed by atoms with Crippen LogP contribution < -0.4 is 5.32 Å². The summed E-state index contributed by atoms with van der Waals surface area (Å²) in [4.78, 5) is 8.63. The van der Waals surface area contributed by atoms with E-state index in [2.05, 4.69) is 15.3 Å². The van der Waals surface area contributed by atoms with Gasteiger partial charge in [-0.15, -0.1) is 0 Å². The Bertz CT molecular complexity index is 585. The van der Waals surface area contributed by atoms with Crippen LogP contribution in [0.5, 0.6) is 0 Å². The number of hydrogen-bond donors (Lipinski definition) is 1. The molecule has 1 aromatic heterocycles. The van der Waals surface area contributed by atoms with E-state index < -0.39 is 0 Å². The molecule has 0 fully saturated rings. The number of halogens is 1. The quantitative estimate of drug-likeness (QED) is 0.914. The second kappa shape index (κ2) is 5.34. The molecule has 0 aliphatic rings. The van der Waals surface area contributed by atoms with Crippen molar-refractivity contribution in [3.63, 3.8) is 0 Å². The third kappa shape index (κ3) is 2.89. The molecule has 100 valence electrons. The molecule has 0 saturated heterocycles. The molecule has 0 aliphatic carbocycles. The van der Waals surface area contributed by atoms with Crippen molar-refractivity contribution in [2.75, 3.05) is 11.9 Å². The van der Waals surface area contributed by atoms with E-state index >= 15 is 0 Å². The van der Waals surface area contributed by atoms with Crippen LogP contribution in [-0.4, -0.2) is 16.5 Å². The standard InChI is InChI=1S/C15H18FN3/c1-5-17-14-8-13(18-11(4)19-14)15-10(3)6-9(2)7-12(15)16/h6-8H,5H2,1-4H3,(H,17,18,19). The van der Waals surface area contributed by atoms with Gasteiger partial charge in [0.15, 0.2) is 0 Å². The van der Waals surface area contributed by atoms with Gasteiger partial charge in [-0.1, -0.05) is 6.07 Å². The largest absolute Gasteiger partial charge is 0.370 e. The summed E-state index contributed by atoms with van der Waals surface area (Å²) in [5.74, 6) is 1.12. The first kappa shape index (κ1) is 13.5. The molecule has 19 heavy (non-hydrogen) atoms. The number of aromatic nitrogens is 2. The molecule has 4 heteroatoms. The fourth-order valence-corrected chi connectivity index (χ4v) is 2.21.